The molecule has 0 aliphatic rings. The van der Waals surface area contributed by atoms with Gasteiger partial charge in [0.25, 0.3) is 0 Å². The summed E-state index contributed by atoms with van der Waals surface area (Å²) in [5, 5.41) is 23.7. The predicted molar refractivity (Wildman–Crippen MR) is 139 cm³/mol. The normalized spacial score (nSPS) is 11.3. The SMILES string of the molecule is O=C(O)c1ccc(-c2cccc(C(=O)CNc3ccc(-n4nc(-c5cccnc5)cc4C(F)(F)F)nn3)c2)cc1. The number of carboxylic acid groups (broad SMARTS) is 1. The molecule has 0 amide bonds. The number of nitrogens with one attached hydrogen (secondary N) is 1. The quantitative estimate of drug-likeness (QED) is 0.249. The summed E-state index contributed by atoms with van der Waals surface area (Å²) in [7, 11) is 0. The lowest BCUT2D eigenvalue weighted by atomic mass is 10.0. The summed E-state index contributed by atoms with van der Waals surface area (Å²) < 4.78 is 41.8. The number of hydrogen-bond acceptors (Lipinski definition) is 7. The number of hydrogen-bond donors (Lipinski definition) is 2. The van der Waals surface area contributed by atoms with Gasteiger partial charge < -0.3 is 10.4 Å². The van der Waals surface area contributed by atoms with E-state index in [9.17, 15) is 22.8 Å². The van der Waals surface area contributed by atoms with Crippen LogP contribution >= 0.6 is 0 Å². The third-order valence-electron chi connectivity index (χ3n) is 5.90. The van der Waals surface area contributed by atoms with Gasteiger partial charge in [-0.2, -0.15) is 18.3 Å². The molecule has 9 nitrogen and oxygen atoms in total. The number of carboxylic acids is 1. The van der Waals surface area contributed by atoms with Gasteiger partial charge in [-0.15, -0.1) is 10.2 Å². The number of ketones is 1. The van der Waals surface area contributed by atoms with Gasteiger partial charge in [0.2, 0.25) is 0 Å². The maximum atomic E-state index is 13.7. The summed E-state index contributed by atoms with van der Waals surface area (Å²) in [6.07, 6.45) is -1.77. The Morgan fingerprint density at radius 2 is 1.62 bits per heavy atom. The van der Waals surface area contributed by atoms with Crippen LogP contribution in [0.1, 0.15) is 26.4 Å². The van der Waals surface area contributed by atoms with Crippen LogP contribution in [0.3, 0.4) is 0 Å². The average molecular weight is 544 g/mol. The topological polar surface area (TPSA) is 123 Å². The zero-order valence-electron chi connectivity index (χ0n) is 20.5. The van der Waals surface area contributed by atoms with Gasteiger partial charge in [-0.25, -0.2) is 9.48 Å². The molecule has 200 valence electrons. The molecule has 0 radical (unpaired) electrons. The lowest BCUT2D eigenvalue weighted by molar-refractivity contribution is -0.142. The average Bonchev–Trinajstić information content (AvgIpc) is 3.43. The van der Waals surface area contributed by atoms with Crippen molar-refractivity contribution in [1.29, 1.82) is 0 Å². The lowest BCUT2D eigenvalue weighted by Crippen LogP contribution is -2.17. The molecule has 40 heavy (non-hydrogen) atoms. The van der Waals surface area contributed by atoms with Gasteiger partial charge in [0.15, 0.2) is 17.3 Å². The van der Waals surface area contributed by atoms with E-state index in [1.165, 1.54) is 36.7 Å². The molecule has 5 rings (SSSR count). The zero-order valence-corrected chi connectivity index (χ0v) is 20.5. The fraction of sp³-hybridized carbons (Fsp3) is 0.0714. The number of pyridine rings is 1. The molecule has 12 heteroatoms. The van der Waals surface area contributed by atoms with Crippen molar-refractivity contribution in [1.82, 2.24) is 25.0 Å². The number of rotatable bonds is 8. The van der Waals surface area contributed by atoms with Crippen LogP contribution < -0.4 is 5.32 Å². The van der Waals surface area contributed by atoms with Gasteiger partial charge in [0.1, 0.15) is 5.82 Å². The van der Waals surface area contributed by atoms with E-state index in [2.05, 4.69) is 25.6 Å². The number of carbonyl (C=O) groups is 2. The Balaban J connectivity index is 1.29. The van der Waals surface area contributed by atoms with Crippen LogP contribution in [-0.2, 0) is 6.18 Å². The molecule has 0 unspecified atom stereocenters. The Hall–Kier alpha value is -5.39. The minimum atomic E-state index is -4.69. The van der Waals surface area contributed by atoms with Gasteiger partial charge in [0.05, 0.1) is 17.8 Å². The van der Waals surface area contributed by atoms with Gasteiger partial charge in [-0.1, -0.05) is 30.3 Å². The number of aromatic nitrogens is 5. The first-order valence-electron chi connectivity index (χ1n) is 11.8. The van der Waals surface area contributed by atoms with Crippen molar-refractivity contribution >= 4 is 17.6 Å². The summed E-state index contributed by atoms with van der Waals surface area (Å²) in [5.41, 5.74) is 1.52. The summed E-state index contributed by atoms with van der Waals surface area (Å²) in [4.78, 5) is 27.8. The van der Waals surface area contributed by atoms with Crippen molar-refractivity contribution in [2.75, 3.05) is 11.9 Å². The number of carbonyl (C=O) groups excluding carboxylic acids is 1. The number of benzene rings is 2. The number of nitrogens with zero attached hydrogens (tertiary/aromatic N) is 5. The Kier molecular flexibility index (Phi) is 7.06. The first kappa shape index (κ1) is 26.2. The van der Waals surface area contributed by atoms with E-state index in [-0.39, 0.29) is 35.2 Å². The smallest absolute Gasteiger partial charge is 0.433 e. The molecule has 3 heterocycles. The molecule has 0 spiro atoms. The molecule has 3 aromatic heterocycles. The van der Waals surface area contributed by atoms with E-state index in [4.69, 9.17) is 5.11 Å². The fourth-order valence-corrected chi connectivity index (χ4v) is 3.90. The number of Topliss-reactive ketones (excluding diaryl/α,β-unsaturated/α-hetero) is 1. The molecule has 2 aromatic carbocycles. The zero-order chi connectivity index (χ0) is 28.3. The number of aromatic carboxylic acids is 1. The van der Waals surface area contributed by atoms with Crippen molar-refractivity contribution in [3.63, 3.8) is 0 Å². The first-order chi connectivity index (χ1) is 19.2. The van der Waals surface area contributed by atoms with E-state index >= 15 is 0 Å². The second-order valence-corrected chi connectivity index (χ2v) is 8.58. The van der Waals surface area contributed by atoms with E-state index in [1.807, 2.05) is 0 Å². The van der Waals surface area contributed by atoms with E-state index in [1.54, 1.807) is 48.5 Å². The van der Waals surface area contributed by atoms with Crippen LogP contribution in [-0.4, -0.2) is 48.4 Å². The van der Waals surface area contributed by atoms with Crippen LogP contribution in [0.15, 0.2) is 91.3 Å². The highest BCUT2D eigenvalue weighted by atomic mass is 19.4. The minimum absolute atomic E-state index is 0.0788. The van der Waals surface area contributed by atoms with Crippen LogP contribution in [0.4, 0.5) is 19.0 Å². The molecular weight excluding hydrogens is 525 g/mol. The van der Waals surface area contributed by atoms with Crippen molar-refractivity contribution in [3.05, 3.63) is 108 Å². The third kappa shape index (κ3) is 5.70. The molecule has 0 saturated carbocycles. The van der Waals surface area contributed by atoms with Gasteiger partial charge in [-0.05, 0) is 59.7 Å². The molecule has 2 N–H and O–H groups in total. The molecule has 0 fully saturated rings. The summed E-state index contributed by atoms with van der Waals surface area (Å²) in [5.74, 6) is -1.26. The summed E-state index contributed by atoms with van der Waals surface area (Å²) in [6, 6.07) is 20.0. The van der Waals surface area contributed by atoms with Crippen molar-refractivity contribution in [2.45, 2.75) is 6.18 Å². The molecule has 0 atom stereocenters. The third-order valence-corrected chi connectivity index (χ3v) is 5.90. The summed E-state index contributed by atoms with van der Waals surface area (Å²) in [6.45, 7) is -0.143. The maximum absolute atomic E-state index is 13.7. The second kappa shape index (κ2) is 10.8. The molecule has 0 bridgehead atoms. The van der Waals surface area contributed by atoms with Gasteiger partial charge in [0, 0.05) is 23.5 Å². The Labute approximate surface area is 225 Å². The van der Waals surface area contributed by atoms with Crippen molar-refractivity contribution in [3.8, 4) is 28.2 Å². The number of alkyl halides is 3. The fourth-order valence-electron chi connectivity index (χ4n) is 3.90. The molecular formula is C28H19F3N6O3. The monoisotopic (exact) mass is 544 g/mol. The van der Waals surface area contributed by atoms with Gasteiger partial charge >= 0.3 is 12.1 Å². The number of halogens is 3. The highest BCUT2D eigenvalue weighted by Crippen LogP contribution is 2.33. The molecule has 0 aliphatic carbocycles. The first-order valence-corrected chi connectivity index (χ1v) is 11.8. The molecule has 5 aromatic rings. The van der Waals surface area contributed by atoms with Crippen LogP contribution in [0, 0.1) is 0 Å². The maximum Gasteiger partial charge on any atom is 0.433 e. The Bertz CT molecular complexity index is 1670. The van der Waals surface area contributed by atoms with E-state index < -0.39 is 17.8 Å². The minimum Gasteiger partial charge on any atom is -0.478 e. The van der Waals surface area contributed by atoms with Crippen LogP contribution in [0.25, 0.3) is 28.2 Å². The Morgan fingerprint density at radius 1 is 0.850 bits per heavy atom. The molecule has 0 aliphatic heterocycles. The van der Waals surface area contributed by atoms with Crippen molar-refractivity contribution in [2.24, 2.45) is 0 Å². The number of anilines is 1. The highest BCUT2D eigenvalue weighted by molar-refractivity contribution is 6.00. The van der Waals surface area contributed by atoms with E-state index in [0.717, 1.165) is 17.2 Å². The van der Waals surface area contributed by atoms with Crippen molar-refractivity contribution < 1.29 is 27.9 Å². The predicted octanol–water partition coefficient (Wildman–Crippen LogP) is 5.40. The lowest BCUT2D eigenvalue weighted by Gasteiger charge is -2.10. The summed E-state index contributed by atoms with van der Waals surface area (Å²) >= 11 is 0. The largest absolute Gasteiger partial charge is 0.478 e. The van der Waals surface area contributed by atoms with Crippen LogP contribution in [0.2, 0.25) is 0 Å². The van der Waals surface area contributed by atoms with Crippen LogP contribution in [0.5, 0.6) is 0 Å². The van der Waals surface area contributed by atoms with E-state index in [0.29, 0.717) is 15.8 Å². The second-order valence-electron chi connectivity index (χ2n) is 8.58. The highest BCUT2D eigenvalue weighted by Gasteiger charge is 2.37. The standard InChI is InChI=1S/C28H19F3N6O3/c29-28(30,31)24-14-22(21-5-2-12-32-15-21)36-37(24)26-11-10-25(34-35-26)33-16-23(38)20-4-1-3-19(13-20)17-6-8-18(9-7-17)27(39)40/h1-15H,16H2,(H,33,34)(H,39,40). The molecule has 0 saturated heterocycles. The Morgan fingerprint density at radius 3 is 2.27 bits per heavy atom. The van der Waals surface area contributed by atoms with Gasteiger partial charge in [-0.3, -0.25) is 9.78 Å².